The first-order valence-corrected chi connectivity index (χ1v) is 7.19. The lowest BCUT2D eigenvalue weighted by Gasteiger charge is -2.18. The number of hydrogen-bond donors (Lipinski definition) is 0. The minimum absolute atomic E-state index is 0.00393. The van der Waals surface area contributed by atoms with Crippen LogP contribution in [0.4, 0.5) is 11.5 Å². The number of aryl methyl sites for hydroxylation is 1. The van der Waals surface area contributed by atoms with Crippen molar-refractivity contribution in [3.63, 3.8) is 0 Å². The van der Waals surface area contributed by atoms with Gasteiger partial charge >= 0.3 is 5.69 Å². The van der Waals surface area contributed by atoms with Crippen LogP contribution in [0.5, 0.6) is 0 Å². The number of benzene rings is 1. The van der Waals surface area contributed by atoms with Gasteiger partial charge in [-0.3, -0.25) is 10.1 Å². The van der Waals surface area contributed by atoms with Gasteiger partial charge in [0.15, 0.2) is 0 Å². The lowest BCUT2D eigenvalue weighted by Crippen LogP contribution is -2.20. The number of nitro groups is 1. The van der Waals surface area contributed by atoms with Crippen molar-refractivity contribution in [2.75, 3.05) is 11.9 Å². The molecule has 0 aliphatic carbocycles. The molecule has 1 aromatic carbocycles. The molecular weight excluding hydrogens is 360 g/mol. The summed E-state index contributed by atoms with van der Waals surface area (Å²) in [6, 6.07) is 7.69. The van der Waals surface area contributed by atoms with Crippen LogP contribution in [0.3, 0.4) is 0 Å². The smallest absolute Gasteiger partial charge is 0.332 e. The van der Waals surface area contributed by atoms with Crippen LogP contribution in [-0.4, -0.2) is 21.9 Å². The monoisotopic (exact) mass is 370 g/mol. The summed E-state index contributed by atoms with van der Waals surface area (Å²) >= 11 is 9.18. The van der Waals surface area contributed by atoms with Gasteiger partial charge in [0.25, 0.3) is 0 Å². The molecule has 0 radical (unpaired) electrons. The third-order valence-electron chi connectivity index (χ3n) is 2.89. The molecule has 0 spiro atoms. The maximum Gasteiger partial charge on any atom is 0.332 e. The minimum Gasteiger partial charge on any atom is -0.349 e. The highest BCUT2D eigenvalue weighted by Gasteiger charge is 2.24. The zero-order valence-electron chi connectivity index (χ0n) is 11.4. The molecule has 0 aliphatic heterocycles. The predicted molar refractivity (Wildman–Crippen MR) is 84.7 cm³/mol. The van der Waals surface area contributed by atoms with Gasteiger partial charge in [-0.25, -0.2) is 4.98 Å². The second kappa shape index (κ2) is 6.36. The van der Waals surface area contributed by atoms with Crippen LogP contribution >= 0.6 is 27.5 Å². The molecule has 0 fully saturated rings. The predicted octanol–water partition coefficient (Wildman–Crippen LogP) is 3.75. The Bertz CT molecular complexity index is 679. The minimum atomic E-state index is -0.487. The first kappa shape index (κ1) is 15.7. The molecule has 1 aromatic heterocycles. The fourth-order valence-corrected chi connectivity index (χ4v) is 2.41. The Morgan fingerprint density at radius 1 is 1.33 bits per heavy atom. The fourth-order valence-electron chi connectivity index (χ4n) is 1.94. The van der Waals surface area contributed by atoms with Crippen molar-refractivity contribution in [2.24, 2.45) is 0 Å². The van der Waals surface area contributed by atoms with Crippen molar-refractivity contribution in [3.05, 3.63) is 55.4 Å². The Hall–Kier alpha value is -1.73. The molecule has 0 atom stereocenters. The molecule has 0 amide bonds. The highest BCUT2D eigenvalue weighted by Crippen LogP contribution is 2.30. The van der Waals surface area contributed by atoms with Crippen molar-refractivity contribution >= 4 is 39.0 Å². The average Bonchev–Trinajstić information content (AvgIpc) is 2.39. The summed E-state index contributed by atoms with van der Waals surface area (Å²) in [6.45, 7) is 2.02. The molecule has 2 aromatic rings. The Morgan fingerprint density at radius 2 is 1.95 bits per heavy atom. The third-order valence-corrected chi connectivity index (χ3v) is 3.59. The van der Waals surface area contributed by atoms with Crippen LogP contribution in [0, 0.1) is 17.0 Å². The van der Waals surface area contributed by atoms with E-state index in [0.29, 0.717) is 6.54 Å². The van der Waals surface area contributed by atoms with Crippen LogP contribution < -0.4 is 4.90 Å². The lowest BCUT2D eigenvalue weighted by atomic mass is 10.2. The van der Waals surface area contributed by atoms with Crippen LogP contribution in [0.15, 0.2) is 28.7 Å². The second-order valence-electron chi connectivity index (χ2n) is 4.49. The number of anilines is 1. The van der Waals surface area contributed by atoms with E-state index in [-0.39, 0.29) is 22.5 Å². The van der Waals surface area contributed by atoms with E-state index in [2.05, 4.69) is 25.9 Å². The number of nitrogens with zero attached hydrogens (tertiary/aromatic N) is 4. The molecule has 0 unspecified atom stereocenters. The van der Waals surface area contributed by atoms with Gasteiger partial charge in [-0.05, 0) is 36.2 Å². The lowest BCUT2D eigenvalue weighted by molar-refractivity contribution is -0.385. The maximum absolute atomic E-state index is 11.2. The second-order valence-corrected chi connectivity index (χ2v) is 5.74. The summed E-state index contributed by atoms with van der Waals surface area (Å²) < 4.78 is 0.973. The molecule has 0 saturated heterocycles. The molecule has 0 aliphatic rings. The number of halogens is 2. The van der Waals surface area contributed by atoms with E-state index in [1.54, 1.807) is 18.9 Å². The van der Waals surface area contributed by atoms with E-state index >= 15 is 0 Å². The van der Waals surface area contributed by atoms with Crippen molar-refractivity contribution in [3.8, 4) is 0 Å². The van der Waals surface area contributed by atoms with Gasteiger partial charge in [0, 0.05) is 18.1 Å². The number of aromatic nitrogens is 2. The van der Waals surface area contributed by atoms with Crippen LogP contribution in [-0.2, 0) is 6.54 Å². The van der Waals surface area contributed by atoms with E-state index in [0.717, 1.165) is 10.0 Å². The quantitative estimate of drug-likeness (QED) is 0.465. The summed E-state index contributed by atoms with van der Waals surface area (Å²) in [5.41, 5.74) is 1.12. The van der Waals surface area contributed by atoms with E-state index in [1.165, 1.54) is 0 Å². The molecule has 0 saturated carbocycles. The summed E-state index contributed by atoms with van der Waals surface area (Å²) in [4.78, 5) is 20.2. The SMILES string of the molecule is Cc1nc(Cl)nc(N(C)Cc2ccc(Br)cc2)c1[N+](=O)[O-]. The Balaban J connectivity index is 2.36. The van der Waals surface area contributed by atoms with Gasteiger partial charge in [0.05, 0.1) is 4.92 Å². The Labute approximate surface area is 135 Å². The average molecular weight is 372 g/mol. The maximum atomic E-state index is 11.2. The van der Waals surface area contributed by atoms with Crippen molar-refractivity contribution in [2.45, 2.75) is 13.5 Å². The van der Waals surface area contributed by atoms with Crippen molar-refractivity contribution in [1.82, 2.24) is 9.97 Å². The van der Waals surface area contributed by atoms with Gasteiger partial charge in [-0.2, -0.15) is 4.98 Å². The zero-order valence-corrected chi connectivity index (χ0v) is 13.7. The van der Waals surface area contributed by atoms with Crippen LogP contribution in [0.25, 0.3) is 0 Å². The van der Waals surface area contributed by atoms with Gasteiger partial charge in [0.2, 0.25) is 11.1 Å². The number of hydrogen-bond acceptors (Lipinski definition) is 5. The Kier molecular flexibility index (Phi) is 4.74. The zero-order chi connectivity index (χ0) is 15.6. The van der Waals surface area contributed by atoms with Crippen LogP contribution in [0.2, 0.25) is 5.28 Å². The molecule has 1 heterocycles. The molecule has 0 N–H and O–H groups in total. The first-order valence-electron chi connectivity index (χ1n) is 6.02. The first-order chi connectivity index (χ1) is 9.88. The summed E-state index contributed by atoms with van der Waals surface area (Å²) in [7, 11) is 1.73. The molecule has 2 rings (SSSR count). The van der Waals surface area contributed by atoms with E-state index in [9.17, 15) is 10.1 Å². The standard InChI is InChI=1S/C13H12BrClN4O2/c1-8-11(19(20)21)12(17-13(15)16-8)18(2)7-9-3-5-10(14)6-4-9/h3-6H,7H2,1-2H3. The van der Waals surface area contributed by atoms with Gasteiger partial charge in [0.1, 0.15) is 5.69 Å². The normalized spacial score (nSPS) is 10.5. The van der Waals surface area contributed by atoms with E-state index < -0.39 is 4.92 Å². The highest BCUT2D eigenvalue weighted by atomic mass is 79.9. The summed E-state index contributed by atoms with van der Waals surface area (Å²) in [5, 5.41) is 11.2. The third kappa shape index (κ3) is 3.68. The van der Waals surface area contributed by atoms with E-state index in [1.807, 2.05) is 24.3 Å². The molecular formula is C13H12BrClN4O2. The van der Waals surface area contributed by atoms with Gasteiger partial charge in [-0.15, -0.1) is 0 Å². The molecule has 110 valence electrons. The van der Waals surface area contributed by atoms with Crippen molar-refractivity contribution < 1.29 is 4.92 Å². The largest absolute Gasteiger partial charge is 0.349 e. The molecule has 0 bridgehead atoms. The van der Waals surface area contributed by atoms with Gasteiger partial charge in [-0.1, -0.05) is 28.1 Å². The highest BCUT2D eigenvalue weighted by molar-refractivity contribution is 9.10. The number of rotatable bonds is 4. The topological polar surface area (TPSA) is 72.2 Å². The van der Waals surface area contributed by atoms with Gasteiger partial charge < -0.3 is 4.90 Å². The van der Waals surface area contributed by atoms with Crippen molar-refractivity contribution in [1.29, 1.82) is 0 Å². The molecule has 6 nitrogen and oxygen atoms in total. The molecule has 21 heavy (non-hydrogen) atoms. The summed E-state index contributed by atoms with van der Waals surface area (Å²) in [6.07, 6.45) is 0. The molecule has 8 heteroatoms. The summed E-state index contributed by atoms with van der Waals surface area (Å²) in [5.74, 6) is 0.209. The fraction of sp³-hybridized carbons (Fsp3) is 0.231. The Morgan fingerprint density at radius 3 is 2.52 bits per heavy atom. The van der Waals surface area contributed by atoms with Crippen LogP contribution in [0.1, 0.15) is 11.3 Å². The van der Waals surface area contributed by atoms with E-state index in [4.69, 9.17) is 11.6 Å².